The summed E-state index contributed by atoms with van der Waals surface area (Å²) in [6, 6.07) is 0. The third-order valence-corrected chi connectivity index (χ3v) is 0. The Morgan fingerprint density at radius 2 is 1.00 bits per heavy atom. The average molecular weight is 409 g/mol. The Morgan fingerprint density at radius 3 is 1.00 bits per heavy atom. The van der Waals surface area contributed by atoms with Crippen LogP contribution in [0.2, 0.25) is 0 Å². The molecule has 0 aliphatic heterocycles. The van der Waals surface area contributed by atoms with E-state index in [1.165, 1.54) is 0 Å². The van der Waals surface area contributed by atoms with Crippen LogP contribution >= 0.6 is 0 Å². The Hall–Kier alpha value is 1.63. The number of halogens is 4. The molecule has 0 heterocycles. The third-order valence-electron chi connectivity index (χ3n) is 0. The van der Waals surface area contributed by atoms with Crippen molar-refractivity contribution in [3.8, 4) is 0 Å². The van der Waals surface area contributed by atoms with E-state index in [0.717, 1.165) is 0 Å². The van der Waals surface area contributed by atoms with Crippen LogP contribution in [0.25, 0.3) is 0 Å². The Labute approximate surface area is 79.9 Å². The summed E-state index contributed by atoms with van der Waals surface area (Å²) in [6.45, 7) is 0. The molecule has 0 rings (SSSR count). The predicted molar refractivity (Wildman–Crippen MR) is 19.8 cm³/mol. The second kappa shape index (κ2) is 5.76. The van der Waals surface area contributed by atoms with Crippen LogP contribution in [-0.2, 0) is 27.3 Å². The molecule has 0 amide bonds. The Balaban J connectivity index is -0.0000000267. The zero-order valence-corrected chi connectivity index (χ0v) is 13.0. The fourth-order valence-electron chi connectivity index (χ4n) is 0. The van der Waals surface area contributed by atoms with Crippen molar-refractivity contribution in [2.45, 2.75) is 0 Å². The quantitative estimate of drug-likeness (QED) is 0.404. The molecule has 40 valence electrons. The van der Waals surface area contributed by atoms with Gasteiger partial charge in [0.15, 0.2) is 0 Å². The van der Waals surface area contributed by atoms with Crippen LogP contribution in [0.4, 0.5) is 17.3 Å². The molecule has 0 aromatic rings. The predicted octanol–water partition coefficient (Wildman–Crippen LogP) is 0.494. The first kappa shape index (κ1) is 15.9. The fourth-order valence-corrected chi connectivity index (χ4v) is 0. The van der Waals surface area contributed by atoms with Crippen molar-refractivity contribution in [1.29, 1.82) is 0 Å². The molecular weight excluding hydrogens is 406 g/mol. The van der Waals surface area contributed by atoms with Crippen LogP contribution in [0, 0.1) is 0 Å². The zero-order chi connectivity index (χ0) is 4.50. The minimum atomic E-state index is -6.00. The summed E-state index contributed by atoms with van der Waals surface area (Å²) in [4.78, 5) is 0. The standard InChI is InChI=1S/BF4.Cd.Pb.2H/c2-1(3,4)5;;;;/q-1;;;;/p+1. The molecule has 0 aliphatic rings. The van der Waals surface area contributed by atoms with Gasteiger partial charge in [-0.1, -0.05) is 0 Å². The number of hydrogen-bond donors (Lipinski definition) is 0. The molecule has 2 radical (unpaired) electrons. The van der Waals surface area contributed by atoms with Gasteiger partial charge in [0.2, 0.25) is 0 Å². The first-order chi connectivity index (χ1) is 2.00. The molecule has 0 aliphatic carbocycles. The second-order valence-electron chi connectivity index (χ2n) is 0.495. The molecule has 7 heteroatoms. The molecule has 0 bridgehead atoms. The number of hydrogen-bond acceptors (Lipinski definition) is 0. The maximum absolute atomic E-state index is 9.75. The van der Waals surface area contributed by atoms with E-state index in [-0.39, 0.29) is 56.0 Å². The van der Waals surface area contributed by atoms with Crippen molar-refractivity contribution in [2.24, 2.45) is 0 Å². The van der Waals surface area contributed by atoms with Gasteiger partial charge in [0.1, 0.15) is 0 Å². The molecule has 0 saturated heterocycles. The van der Waals surface area contributed by atoms with Gasteiger partial charge < -0.3 is 17.3 Å². The molecule has 0 saturated carbocycles. The zero-order valence-electron chi connectivity index (χ0n) is 4.50. The van der Waals surface area contributed by atoms with Gasteiger partial charge in [-0.25, -0.2) is 0 Å². The molecule has 7 heavy (non-hydrogen) atoms. The summed E-state index contributed by atoms with van der Waals surface area (Å²) >= 11 is 0. The Bertz CT molecular complexity index is 31.5. The monoisotopic (exact) mass is 412 g/mol. The van der Waals surface area contributed by atoms with Gasteiger partial charge in [-0.15, -0.1) is 0 Å². The van der Waals surface area contributed by atoms with E-state index in [9.17, 15) is 17.3 Å². The van der Waals surface area contributed by atoms with Crippen LogP contribution < -0.4 is 0 Å². The van der Waals surface area contributed by atoms with Crippen LogP contribution in [0.15, 0.2) is 0 Å². The summed E-state index contributed by atoms with van der Waals surface area (Å²) in [7, 11) is -6.00. The molecule has 0 unspecified atom stereocenters. The van der Waals surface area contributed by atoms with E-state index < -0.39 is 7.25 Å². The van der Waals surface area contributed by atoms with E-state index in [1.54, 1.807) is 0 Å². The summed E-state index contributed by atoms with van der Waals surface area (Å²) in [5.41, 5.74) is 0. The van der Waals surface area contributed by atoms with E-state index in [2.05, 4.69) is 0 Å². The second-order valence-corrected chi connectivity index (χ2v) is 0.495. The van der Waals surface area contributed by atoms with Crippen molar-refractivity contribution in [3.05, 3.63) is 0 Å². The Morgan fingerprint density at radius 1 is 1.00 bits per heavy atom. The van der Waals surface area contributed by atoms with E-state index >= 15 is 0 Å². The van der Waals surface area contributed by atoms with E-state index in [4.69, 9.17) is 0 Å². The van der Waals surface area contributed by atoms with Crippen molar-refractivity contribution in [3.63, 3.8) is 0 Å². The topological polar surface area (TPSA) is 0 Å². The first-order valence-electron chi connectivity index (χ1n) is 0.873. The van der Waals surface area contributed by atoms with Crippen LogP contribution in [0.3, 0.4) is 0 Å². The molecule has 0 spiro atoms. The van der Waals surface area contributed by atoms with Gasteiger partial charge in [-0.05, 0) is 0 Å². The van der Waals surface area contributed by atoms with E-state index in [1.807, 2.05) is 0 Å². The summed E-state index contributed by atoms with van der Waals surface area (Å²) < 4.78 is 39.0. The van der Waals surface area contributed by atoms with Crippen molar-refractivity contribution < 1.29 is 46.0 Å². The normalized spacial score (nSPS) is 8.57. The molecular formula is H3BCdF4Pb. The summed E-state index contributed by atoms with van der Waals surface area (Å²) in [5.74, 6) is 0. The fraction of sp³-hybridized carbons (Fsp3) is 0. The Kier molecular flexibility index (Phi) is 13.0. The number of rotatable bonds is 0. The average Bonchev–Trinajstić information content (AvgIpc) is 0.722. The van der Waals surface area contributed by atoms with Gasteiger partial charge in [0, 0.05) is 27.3 Å². The van der Waals surface area contributed by atoms with Gasteiger partial charge in [-0.3, -0.25) is 0 Å². The van der Waals surface area contributed by atoms with Crippen LogP contribution in [0.1, 0.15) is 1.43 Å². The summed E-state index contributed by atoms with van der Waals surface area (Å²) in [6.07, 6.45) is 0. The minimum absolute atomic E-state index is 0. The first-order valence-corrected chi connectivity index (χ1v) is 0.873. The van der Waals surface area contributed by atoms with E-state index in [0.29, 0.717) is 0 Å². The maximum atomic E-state index is 9.75. The molecule has 0 aromatic heterocycles. The molecule has 0 nitrogen and oxygen atoms in total. The SMILES string of the molecule is F[B-](F)(F)F.[Cd].[H+].[PbH2]. The third kappa shape index (κ3) is 91.1. The molecule has 0 aromatic carbocycles. The molecule has 0 fully saturated rings. The van der Waals surface area contributed by atoms with Crippen molar-refractivity contribution in [1.82, 2.24) is 0 Å². The van der Waals surface area contributed by atoms with Crippen LogP contribution in [-0.4, -0.2) is 34.6 Å². The van der Waals surface area contributed by atoms with Crippen LogP contribution in [0.5, 0.6) is 0 Å². The van der Waals surface area contributed by atoms with Gasteiger partial charge in [0.05, 0.1) is 0 Å². The van der Waals surface area contributed by atoms with Gasteiger partial charge >= 0.3 is 36.0 Å². The molecule has 0 N–H and O–H groups in total. The summed E-state index contributed by atoms with van der Waals surface area (Å²) in [5, 5.41) is 0. The van der Waals surface area contributed by atoms with Crippen molar-refractivity contribution >= 4 is 34.6 Å². The molecule has 0 atom stereocenters. The van der Waals surface area contributed by atoms with Crippen molar-refractivity contribution in [2.75, 3.05) is 0 Å². The van der Waals surface area contributed by atoms with Gasteiger partial charge in [0.25, 0.3) is 0 Å². The van der Waals surface area contributed by atoms with Gasteiger partial charge in [-0.2, -0.15) is 0 Å².